The molecule has 1 amide bonds. The van der Waals surface area contributed by atoms with Crippen molar-refractivity contribution in [2.75, 3.05) is 19.3 Å². The van der Waals surface area contributed by atoms with Gasteiger partial charge in [-0.15, -0.1) is 0 Å². The van der Waals surface area contributed by atoms with Gasteiger partial charge < -0.3 is 9.88 Å². The first-order chi connectivity index (χ1) is 14.3. The molecule has 0 saturated carbocycles. The molecule has 0 spiro atoms. The van der Waals surface area contributed by atoms with Gasteiger partial charge in [0, 0.05) is 31.6 Å². The molecule has 1 aromatic heterocycles. The van der Waals surface area contributed by atoms with Gasteiger partial charge in [-0.25, -0.2) is 13.4 Å². The largest absolute Gasteiger partial charge is 0.328 e. The molecule has 1 N–H and O–H groups in total. The van der Waals surface area contributed by atoms with Gasteiger partial charge in [-0.2, -0.15) is 4.31 Å². The minimum atomic E-state index is -3.37. The quantitative estimate of drug-likeness (QED) is 0.799. The molecule has 1 unspecified atom stereocenters. The Labute approximate surface area is 176 Å². The normalized spacial score (nSPS) is 20.1. The number of hydrogen-bond acceptors (Lipinski definition) is 5. The monoisotopic (exact) mass is 430 g/mol. The molecule has 3 heterocycles. The third-order valence-electron chi connectivity index (χ3n) is 5.98. The zero-order valence-electron chi connectivity index (χ0n) is 17.2. The van der Waals surface area contributed by atoms with Crippen LogP contribution in [0.15, 0.2) is 29.1 Å². The number of nitrogens with zero attached hydrogens (tertiary/aromatic N) is 3. The summed E-state index contributed by atoms with van der Waals surface area (Å²) in [7, 11) is -3.37. The number of hydrogen-bond donors (Lipinski definition) is 1. The molecule has 1 aromatic carbocycles. The van der Waals surface area contributed by atoms with Crippen molar-refractivity contribution in [2.45, 2.75) is 45.2 Å². The van der Waals surface area contributed by atoms with Gasteiger partial charge in [-0.05, 0) is 37.8 Å². The van der Waals surface area contributed by atoms with Gasteiger partial charge in [-0.3, -0.25) is 9.59 Å². The smallest absolute Gasteiger partial charge is 0.255 e. The number of fused-ring (bicyclic) bond motifs is 1. The van der Waals surface area contributed by atoms with Crippen LogP contribution in [-0.2, 0) is 23.0 Å². The molecule has 0 aliphatic carbocycles. The maximum absolute atomic E-state index is 13.3. The summed E-state index contributed by atoms with van der Waals surface area (Å²) in [5.41, 5.74) is 2.27. The van der Waals surface area contributed by atoms with Crippen molar-refractivity contribution in [1.82, 2.24) is 19.2 Å². The van der Waals surface area contributed by atoms with E-state index in [1.165, 1.54) is 4.31 Å². The Morgan fingerprint density at radius 3 is 2.70 bits per heavy atom. The molecule has 4 rings (SSSR count). The summed E-state index contributed by atoms with van der Waals surface area (Å²) in [6.45, 7) is 2.87. The first-order valence-electron chi connectivity index (χ1n) is 10.2. The van der Waals surface area contributed by atoms with Crippen LogP contribution in [0.3, 0.4) is 0 Å². The third-order valence-corrected chi connectivity index (χ3v) is 7.23. The number of amides is 1. The Hall–Kier alpha value is -2.52. The van der Waals surface area contributed by atoms with Crippen LogP contribution in [0.5, 0.6) is 0 Å². The van der Waals surface area contributed by atoms with Crippen LogP contribution < -0.4 is 5.56 Å². The second kappa shape index (κ2) is 7.96. The second-order valence-corrected chi connectivity index (χ2v) is 10.0. The van der Waals surface area contributed by atoms with Crippen molar-refractivity contribution >= 4 is 15.9 Å². The Balaban J connectivity index is 1.67. The van der Waals surface area contributed by atoms with E-state index in [4.69, 9.17) is 4.98 Å². The van der Waals surface area contributed by atoms with E-state index in [2.05, 4.69) is 4.98 Å². The molecule has 1 saturated heterocycles. The van der Waals surface area contributed by atoms with Crippen molar-refractivity contribution in [1.29, 1.82) is 0 Å². The van der Waals surface area contributed by atoms with E-state index in [1.807, 2.05) is 36.1 Å². The molecular weight excluding hydrogens is 404 g/mol. The predicted octanol–water partition coefficient (Wildman–Crippen LogP) is 1.76. The minimum Gasteiger partial charge on any atom is -0.328 e. The van der Waals surface area contributed by atoms with E-state index < -0.39 is 10.0 Å². The van der Waals surface area contributed by atoms with Gasteiger partial charge in [0.15, 0.2) is 0 Å². The second-order valence-electron chi connectivity index (χ2n) is 8.05. The van der Waals surface area contributed by atoms with Gasteiger partial charge >= 0.3 is 0 Å². The minimum absolute atomic E-state index is 0.0350. The van der Waals surface area contributed by atoms with E-state index in [0.717, 1.165) is 31.1 Å². The fourth-order valence-corrected chi connectivity index (χ4v) is 5.07. The third kappa shape index (κ3) is 3.91. The number of sulfonamides is 1. The molecule has 1 fully saturated rings. The van der Waals surface area contributed by atoms with Crippen LogP contribution in [0.25, 0.3) is 0 Å². The van der Waals surface area contributed by atoms with E-state index >= 15 is 0 Å². The predicted molar refractivity (Wildman–Crippen MR) is 113 cm³/mol. The van der Waals surface area contributed by atoms with Crippen LogP contribution in [0.4, 0.5) is 0 Å². The van der Waals surface area contributed by atoms with Crippen LogP contribution in [0.2, 0.25) is 0 Å². The van der Waals surface area contributed by atoms with Crippen LogP contribution in [-0.4, -0.2) is 52.8 Å². The van der Waals surface area contributed by atoms with Gasteiger partial charge in [0.05, 0.1) is 23.6 Å². The molecule has 2 aliphatic rings. The summed E-state index contributed by atoms with van der Waals surface area (Å²) in [6.07, 6.45) is 4.12. The summed E-state index contributed by atoms with van der Waals surface area (Å²) >= 11 is 0. The fourth-order valence-electron chi connectivity index (χ4n) is 4.29. The van der Waals surface area contributed by atoms with Crippen molar-refractivity contribution in [3.63, 3.8) is 0 Å². The molecule has 8 nitrogen and oxygen atoms in total. The standard InChI is InChI=1S/C21H26N4O4S/c1-14-7-3-4-8-15(14)21(27)25-11-6-5-9-18(25)19-22-17-10-12-24(30(2,28)29)13-16(17)20(26)23-19/h3-4,7-8,18H,5-6,9-13H2,1-2H3,(H,22,23,26). The highest BCUT2D eigenvalue weighted by atomic mass is 32.2. The summed E-state index contributed by atoms with van der Waals surface area (Å²) in [4.78, 5) is 35.4. The SMILES string of the molecule is Cc1ccccc1C(=O)N1CCCCC1c1nc2c(c(=O)[nH]1)CN(S(C)(=O)=O)CC2. The van der Waals surface area contributed by atoms with Gasteiger partial charge in [0.2, 0.25) is 10.0 Å². The number of carbonyl (C=O) groups is 1. The van der Waals surface area contributed by atoms with Gasteiger partial charge in [0.25, 0.3) is 11.5 Å². The highest BCUT2D eigenvalue weighted by Crippen LogP contribution is 2.31. The Morgan fingerprint density at radius 1 is 1.20 bits per heavy atom. The number of H-pyrrole nitrogens is 1. The van der Waals surface area contributed by atoms with Crippen LogP contribution in [0.1, 0.15) is 58.3 Å². The highest BCUT2D eigenvalue weighted by Gasteiger charge is 2.33. The van der Waals surface area contributed by atoms with Crippen molar-refractivity contribution in [3.8, 4) is 0 Å². The maximum Gasteiger partial charge on any atom is 0.255 e. The van der Waals surface area contributed by atoms with Crippen molar-refractivity contribution in [3.05, 3.63) is 62.8 Å². The molecular formula is C21H26N4O4S. The summed E-state index contributed by atoms with van der Waals surface area (Å²) < 4.78 is 25.0. The topological polar surface area (TPSA) is 103 Å². The maximum atomic E-state index is 13.3. The van der Waals surface area contributed by atoms with Crippen molar-refractivity contribution in [2.24, 2.45) is 0 Å². The average molecular weight is 431 g/mol. The summed E-state index contributed by atoms with van der Waals surface area (Å²) in [5.74, 6) is 0.439. The first kappa shape index (κ1) is 20.7. The first-order valence-corrected chi connectivity index (χ1v) is 12.0. The molecule has 160 valence electrons. The molecule has 9 heteroatoms. The lowest BCUT2D eigenvalue weighted by molar-refractivity contribution is 0.0598. The number of rotatable bonds is 3. The van der Waals surface area contributed by atoms with E-state index in [1.54, 1.807) is 0 Å². The number of aromatic amines is 1. The zero-order valence-corrected chi connectivity index (χ0v) is 18.0. The number of nitrogens with one attached hydrogen (secondary N) is 1. The van der Waals surface area contributed by atoms with E-state index in [-0.39, 0.29) is 24.1 Å². The summed E-state index contributed by atoms with van der Waals surface area (Å²) in [5, 5.41) is 0. The summed E-state index contributed by atoms with van der Waals surface area (Å²) in [6, 6.07) is 7.20. The molecule has 1 atom stereocenters. The Bertz CT molecular complexity index is 1140. The van der Waals surface area contributed by atoms with Crippen LogP contribution >= 0.6 is 0 Å². The number of piperidine rings is 1. The molecule has 2 aliphatic heterocycles. The van der Waals surface area contributed by atoms with Gasteiger partial charge in [-0.1, -0.05) is 18.2 Å². The van der Waals surface area contributed by atoms with Crippen molar-refractivity contribution < 1.29 is 13.2 Å². The lowest BCUT2D eigenvalue weighted by atomic mass is 9.98. The number of carbonyl (C=O) groups excluding carboxylic acids is 1. The van der Waals surface area contributed by atoms with E-state index in [0.29, 0.717) is 42.2 Å². The fraction of sp³-hybridized carbons (Fsp3) is 0.476. The number of likely N-dealkylation sites (tertiary alicyclic amines) is 1. The van der Waals surface area contributed by atoms with Crippen LogP contribution in [0, 0.1) is 6.92 Å². The lowest BCUT2D eigenvalue weighted by Crippen LogP contribution is -2.42. The molecule has 2 aromatic rings. The van der Waals surface area contributed by atoms with E-state index in [9.17, 15) is 18.0 Å². The Kier molecular flexibility index (Phi) is 5.50. The van der Waals surface area contributed by atoms with Gasteiger partial charge in [0.1, 0.15) is 5.82 Å². The zero-order chi connectivity index (χ0) is 21.5. The average Bonchev–Trinajstić information content (AvgIpc) is 2.72. The lowest BCUT2D eigenvalue weighted by Gasteiger charge is -2.36. The molecule has 30 heavy (non-hydrogen) atoms. The number of aryl methyl sites for hydroxylation is 1. The molecule has 0 bridgehead atoms. The number of benzene rings is 1. The highest BCUT2D eigenvalue weighted by molar-refractivity contribution is 7.88. The molecule has 0 radical (unpaired) electrons. The number of aromatic nitrogens is 2. The Morgan fingerprint density at radius 2 is 1.97 bits per heavy atom.